The molecule has 0 spiro atoms. The molecule has 0 saturated heterocycles. The van der Waals surface area contributed by atoms with E-state index >= 15 is 0 Å². The lowest BCUT2D eigenvalue weighted by molar-refractivity contribution is -0.275. The highest BCUT2D eigenvalue weighted by molar-refractivity contribution is 5.41. The second-order valence-corrected chi connectivity index (χ2v) is 6.10. The molecule has 3 rings (SSSR count). The number of rotatable bonds is 3. The number of hydrogen-bond acceptors (Lipinski definition) is 1. The largest absolute Gasteiger partial charge is 0.573 e. The van der Waals surface area contributed by atoms with Crippen LogP contribution in [0.25, 0.3) is 0 Å². The van der Waals surface area contributed by atoms with E-state index in [4.69, 9.17) is 0 Å². The Morgan fingerprint density at radius 1 is 1.08 bits per heavy atom. The summed E-state index contributed by atoms with van der Waals surface area (Å²) in [6.07, 6.45) is -2.15. The van der Waals surface area contributed by atoms with Crippen LogP contribution in [0.3, 0.4) is 0 Å². The van der Waals surface area contributed by atoms with Crippen molar-refractivity contribution in [2.75, 3.05) is 0 Å². The van der Waals surface area contributed by atoms with Gasteiger partial charge >= 0.3 is 6.36 Å². The number of aryl methyl sites for hydroxylation is 1. The summed E-state index contributed by atoms with van der Waals surface area (Å²) in [5.41, 5.74) is 3.56. The van der Waals surface area contributed by atoms with E-state index in [9.17, 15) is 17.6 Å². The second kappa shape index (κ2) is 6.46. The molecule has 1 unspecified atom stereocenters. The molecule has 2 aromatic rings. The monoisotopic (exact) mass is 338 g/mol. The second-order valence-electron chi connectivity index (χ2n) is 6.10. The molecule has 0 radical (unpaired) electrons. The first kappa shape index (κ1) is 16.8. The van der Waals surface area contributed by atoms with E-state index in [1.807, 2.05) is 0 Å². The summed E-state index contributed by atoms with van der Waals surface area (Å²) in [7, 11) is 0. The first-order valence-electron chi connectivity index (χ1n) is 8.02. The molecule has 0 fully saturated rings. The molecule has 0 aliphatic heterocycles. The normalized spacial score (nSPS) is 17.5. The van der Waals surface area contributed by atoms with Crippen molar-refractivity contribution in [1.82, 2.24) is 0 Å². The van der Waals surface area contributed by atoms with Crippen LogP contribution in [0.4, 0.5) is 17.6 Å². The zero-order chi connectivity index (χ0) is 17.3. The zero-order valence-corrected chi connectivity index (χ0v) is 13.3. The first-order valence-corrected chi connectivity index (χ1v) is 8.02. The third-order valence-electron chi connectivity index (χ3n) is 4.60. The average molecular weight is 338 g/mol. The van der Waals surface area contributed by atoms with Gasteiger partial charge in [0.15, 0.2) is 11.6 Å². The molecule has 0 amide bonds. The third kappa shape index (κ3) is 3.55. The van der Waals surface area contributed by atoms with Crippen LogP contribution in [0.2, 0.25) is 0 Å². The van der Waals surface area contributed by atoms with Crippen LogP contribution in [0.1, 0.15) is 41.5 Å². The lowest BCUT2D eigenvalue weighted by atomic mass is 9.79. The van der Waals surface area contributed by atoms with Crippen LogP contribution in [-0.2, 0) is 19.3 Å². The average Bonchev–Trinajstić information content (AvgIpc) is 2.56. The zero-order valence-electron chi connectivity index (χ0n) is 13.3. The molecule has 0 bridgehead atoms. The highest BCUT2D eigenvalue weighted by Gasteiger charge is 2.34. The van der Waals surface area contributed by atoms with E-state index in [-0.39, 0.29) is 5.92 Å². The molecular weight excluding hydrogens is 320 g/mol. The molecule has 24 heavy (non-hydrogen) atoms. The Bertz CT molecular complexity index is 719. The van der Waals surface area contributed by atoms with Gasteiger partial charge < -0.3 is 4.74 Å². The van der Waals surface area contributed by atoms with Crippen molar-refractivity contribution in [3.05, 3.63) is 64.5 Å². The fourth-order valence-electron chi connectivity index (χ4n) is 3.30. The molecule has 5 heteroatoms. The van der Waals surface area contributed by atoms with Crippen molar-refractivity contribution < 1.29 is 22.3 Å². The minimum atomic E-state index is -4.88. The van der Waals surface area contributed by atoms with Gasteiger partial charge in [0.2, 0.25) is 0 Å². The van der Waals surface area contributed by atoms with Crippen LogP contribution in [0.15, 0.2) is 36.4 Å². The van der Waals surface area contributed by atoms with E-state index in [2.05, 4.69) is 35.9 Å². The van der Waals surface area contributed by atoms with Gasteiger partial charge in [0, 0.05) is 0 Å². The number of halogens is 4. The number of alkyl halides is 3. The molecule has 2 aromatic carbocycles. The van der Waals surface area contributed by atoms with E-state index in [1.54, 1.807) is 6.07 Å². The van der Waals surface area contributed by atoms with E-state index in [0.717, 1.165) is 18.1 Å². The van der Waals surface area contributed by atoms with Gasteiger partial charge in [0.05, 0.1) is 0 Å². The van der Waals surface area contributed by atoms with Crippen LogP contribution < -0.4 is 4.74 Å². The summed E-state index contributed by atoms with van der Waals surface area (Å²) >= 11 is 0. The Balaban J connectivity index is 1.82. The van der Waals surface area contributed by atoms with Crippen LogP contribution in [0, 0.1) is 5.82 Å². The third-order valence-corrected chi connectivity index (χ3v) is 4.60. The molecule has 0 heterocycles. The van der Waals surface area contributed by atoms with Crippen LogP contribution in [0.5, 0.6) is 5.75 Å². The fraction of sp³-hybridized carbons (Fsp3) is 0.368. The highest BCUT2D eigenvalue weighted by atomic mass is 19.4. The number of hydrogen-bond donors (Lipinski definition) is 0. The first-order chi connectivity index (χ1) is 11.4. The van der Waals surface area contributed by atoms with Crippen molar-refractivity contribution in [2.45, 2.75) is 44.9 Å². The molecule has 0 N–H and O–H groups in total. The Labute approximate surface area is 138 Å². The summed E-state index contributed by atoms with van der Waals surface area (Å²) in [5, 5.41) is 0. The fourth-order valence-corrected chi connectivity index (χ4v) is 3.30. The molecule has 1 nitrogen and oxygen atoms in total. The van der Waals surface area contributed by atoms with Gasteiger partial charge in [-0.15, -0.1) is 13.2 Å². The molecule has 1 aliphatic carbocycles. The lowest BCUT2D eigenvalue weighted by Gasteiger charge is -2.26. The maximum absolute atomic E-state index is 14.3. The number of fused-ring (bicyclic) bond motifs is 1. The van der Waals surface area contributed by atoms with Gasteiger partial charge in [-0.1, -0.05) is 37.3 Å². The predicted octanol–water partition coefficient (Wildman–Crippen LogP) is 5.56. The Morgan fingerprint density at radius 3 is 2.42 bits per heavy atom. The predicted molar refractivity (Wildman–Crippen MR) is 83.7 cm³/mol. The Kier molecular flexibility index (Phi) is 4.52. The number of benzene rings is 2. The summed E-state index contributed by atoms with van der Waals surface area (Å²) < 4.78 is 55.0. The summed E-state index contributed by atoms with van der Waals surface area (Å²) in [5.74, 6) is -1.37. The summed E-state index contributed by atoms with van der Waals surface area (Å²) in [6.45, 7) is 2.09. The van der Waals surface area contributed by atoms with Crippen molar-refractivity contribution in [3.8, 4) is 5.75 Å². The van der Waals surface area contributed by atoms with Gasteiger partial charge in [0.25, 0.3) is 0 Å². The maximum Gasteiger partial charge on any atom is 0.573 e. The van der Waals surface area contributed by atoms with Gasteiger partial charge in [-0.25, -0.2) is 4.39 Å². The smallest absolute Gasteiger partial charge is 0.403 e. The standard InChI is InChI=1S/C19H18F4O/c1-2-12-3-5-13(6-4-12)14-7-9-16-15(11-14)8-10-17(18(16)20)24-19(21,22)23/h3-6,8,10,14H,2,7,9,11H2,1H3. The Hall–Kier alpha value is -2.04. The number of ether oxygens (including phenoxy) is 1. The maximum atomic E-state index is 14.3. The van der Waals surface area contributed by atoms with Crippen molar-refractivity contribution in [2.24, 2.45) is 0 Å². The quantitative estimate of drug-likeness (QED) is 0.666. The molecule has 0 saturated carbocycles. The summed E-state index contributed by atoms with van der Waals surface area (Å²) in [4.78, 5) is 0. The van der Waals surface area contributed by atoms with E-state index < -0.39 is 17.9 Å². The van der Waals surface area contributed by atoms with Crippen molar-refractivity contribution in [1.29, 1.82) is 0 Å². The van der Waals surface area contributed by atoms with Gasteiger partial charge in [-0.2, -0.15) is 0 Å². The van der Waals surface area contributed by atoms with Crippen LogP contribution in [-0.4, -0.2) is 6.36 Å². The van der Waals surface area contributed by atoms with Gasteiger partial charge in [-0.05, 0) is 59.9 Å². The lowest BCUT2D eigenvalue weighted by Crippen LogP contribution is -2.20. The molecule has 1 atom stereocenters. The highest BCUT2D eigenvalue weighted by Crippen LogP contribution is 2.37. The Morgan fingerprint density at radius 2 is 1.79 bits per heavy atom. The minimum Gasteiger partial charge on any atom is -0.403 e. The van der Waals surface area contributed by atoms with Crippen molar-refractivity contribution >= 4 is 0 Å². The molecule has 128 valence electrons. The summed E-state index contributed by atoms with van der Waals surface area (Å²) in [6, 6.07) is 11.0. The minimum absolute atomic E-state index is 0.261. The van der Waals surface area contributed by atoms with Gasteiger partial charge in [0.1, 0.15) is 0 Å². The van der Waals surface area contributed by atoms with Gasteiger partial charge in [-0.3, -0.25) is 0 Å². The topological polar surface area (TPSA) is 9.23 Å². The van der Waals surface area contributed by atoms with E-state index in [0.29, 0.717) is 24.8 Å². The van der Waals surface area contributed by atoms with Crippen LogP contribution >= 0.6 is 0 Å². The SMILES string of the molecule is CCc1ccc(C2CCc3c(ccc(OC(F)(F)F)c3F)C2)cc1. The molecule has 0 aromatic heterocycles. The van der Waals surface area contributed by atoms with E-state index in [1.165, 1.54) is 11.1 Å². The molecular formula is C19H18F4O. The van der Waals surface area contributed by atoms with Crippen molar-refractivity contribution in [3.63, 3.8) is 0 Å². The molecule has 1 aliphatic rings.